The number of nitrogens with zero attached hydrogens (tertiary/aromatic N) is 3. The maximum absolute atomic E-state index is 5.66. The van der Waals surface area contributed by atoms with Gasteiger partial charge in [-0.15, -0.1) is 33.3 Å². The van der Waals surface area contributed by atoms with E-state index in [4.69, 9.17) is 4.42 Å². The van der Waals surface area contributed by atoms with Gasteiger partial charge in [0.15, 0.2) is 0 Å². The average molecular weight is 329 g/mol. The predicted molar refractivity (Wildman–Crippen MR) is 88.8 cm³/mol. The molecule has 6 heteroatoms. The van der Waals surface area contributed by atoms with E-state index in [1.165, 1.54) is 18.4 Å². The minimum atomic E-state index is 0.526. The molecule has 3 aromatic rings. The van der Waals surface area contributed by atoms with Crippen LogP contribution in [0.5, 0.6) is 0 Å². The number of hydrogen-bond acceptors (Lipinski definition) is 6. The Balaban J connectivity index is 1.33. The SMILES string of the molecule is c1ccc(-c2nc(CSCc3nnc(C4CC4)o3)cs2)cc1. The molecule has 112 valence electrons. The summed E-state index contributed by atoms with van der Waals surface area (Å²) < 4.78 is 5.66. The molecule has 2 aromatic heterocycles. The van der Waals surface area contributed by atoms with Crippen LogP contribution in [0.15, 0.2) is 40.1 Å². The van der Waals surface area contributed by atoms with Crippen LogP contribution in [0.4, 0.5) is 0 Å². The van der Waals surface area contributed by atoms with E-state index in [9.17, 15) is 0 Å². The molecule has 4 nitrogen and oxygen atoms in total. The van der Waals surface area contributed by atoms with Gasteiger partial charge in [-0.2, -0.15) is 0 Å². The van der Waals surface area contributed by atoms with Crippen molar-refractivity contribution >= 4 is 23.1 Å². The Morgan fingerprint density at radius 3 is 2.82 bits per heavy atom. The van der Waals surface area contributed by atoms with Crippen LogP contribution < -0.4 is 0 Å². The fourth-order valence-electron chi connectivity index (χ4n) is 2.15. The third kappa shape index (κ3) is 3.23. The Labute approximate surface area is 137 Å². The molecule has 1 aliphatic rings. The predicted octanol–water partition coefficient (Wildman–Crippen LogP) is 4.50. The summed E-state index contributed by atoms with van der Waals surface area (Å²) in [5.41, 5.74) is 2.28. The molecule has 0 radical (unpaired) electrons. The normalized spacial score (nSPS) is 14.4. The lowest BCUT2D eigenvalue weighted by atomic mass is 10.2. The van der Waals surface area contributed by atoms with E-state index >= 15 is 0 Å². The molecule has 0 spiro atoms. The summed E-state index contributed by atoms with van der Waals surface area (Å²) in [5, 5.41) is 11.4. The quantitative estimate of drug-likeness (QED) is 0.666. The topological polar surface area (TPSA) is 51.8 Å². The van der Waals surface area contributed by atoms with E-state index in [2.05, 4.69) is 32.7 Å². The monoisotopic (exact) mass is 329 g/mol. The summed E-state index contributed by atoms with van der Waals surface area (Å²) in [6.07, 6.45) is 2.38. The van der Waals surface area contributed by atoms with Crippen molar-refractivity contribution in [1.82, 2.24) is 15.2 Å². The second kappa shape index (κ2) is 6.22. The van der Waals surface area contributed by atoms with E-state index < -0.39 is 0 Å². The first-order chi connectivity index (χ1) is 10.9. The van der Waals surface area contributed by atoms with Crippen LogP contribution in [0.2, 0.25) is 0 Å². The van der Waals surface area contributed by atoms with Crippen molar-refractivity contribution < 1.29 is 4.42 Å². The molecule has 0 amide bonds. The van der Waals surface area contributed by atoms with Crippen LogP contribution in [-0.2, 0) is 11.5 Å². The molecule has 2 heterocycles. The lowest BCUT2D eigenvalue weighted by Gasteiger charge is -1.96. The Morgan fingerprint density at radius 1 is 1.14 bits per heavy atom. The van der Waals surface area contributed by atoms with Gasteiger partial charge in [-0.05, 0) is 12.8 Å². The van der Waals surface area contributed by atoms with Crippen LogP contribution in [-0.4, -0.2) is 15.2 Å². The highest BCUT2D eigenvalue weighted by Gasteiger charge is 2.29. The zero-order valence-corrected chi connectivity index (χ0v) is 13.6. The van der Waals surface area contributed by atoms with E-state index in [0.29, 0.717) is 5.92 Å². The summed E-state index contributed by atoms with van der Waals surface area (Å²) in [4.78, 5) is 4.69. The van der Waals surface area contributed by atoms with E-state index in [-0.39, 0.29) is 0 Å². The summed E-state index contributed by atoms with van der Waals surface area (Å²) in [6.45, 7) is 0. The lowest BCUT2D eigenvalue weighted by Crippen LogP contribution is -1.84. The van der Waals surface area contributed by atoms with Crippen LogP contribution in [0.3, 0.4) is 0 Å². The summed E-state index contributed by atoms with van der Waals surface area (Å²) in [5.74, 6) is 3.68. The Kier molecular flexibility index (Phi) is 3.95. The molecule has 0 bridgehead atoms. The van der Waals surface area contributed by atoms with Gasteiger partial charge in [0.1, 0.15) is 5.01 Å². The van der Waals surface area contributed by atoms with Gasteiger partial charge in [0, 0.05) is 22.6 Å². The molecule has 1 aliphatic carbocycles. The van der Waals surface area contributed by atoms with Gasteiger partial charge in [0.2, 0.25) is 11.8 Å². The minimum absolute atomic E-state index is 0.526. The molecule has 1 aromatic carbocycles. The second-order valence-corrected chi connectivity index (χ2v) is 7.15. The third-order valence-corrected chi connectivity index (χ3v) is 5.35. The number of rotatable bonds is 6. The van der Waals surface area contributed by atoms with Crippen LogP contribution in [0, 0.1) is 0 Å². The van der Waals surface area contributed by atoms with Gasteiger partial charge in [0.25, 0.3) is 0 Å². The molecule has 22 heavy (non-hydrogen) atoms. The zero-order chi connectivity index (χ0) is 14.8. The molecule has 0 atom stereocenters. The van der Waals surface area contributed by atoms with Crippen molar-refractivity contribution in [2.75, 3.05) is 0 Å². The first kappa shape index (κ1) is 14.0. The number of thioether (sulfide) groups is 1. The Morgan fingerprint density at radius 2 is 2.00 bits per heavy atom. The van der Waals surface area contributed by atoms with Crippen molar-refractivity contribution in [2.45, 2.75) is 30.3 Å². The number of benzene rings is 1. The first-order valence-electron chi connectivity index (χ1n) is 7.28. The number of thiazole rings is 1. The molecular formula is C16H15N3OS2. The van der Waals surface area contributed by atoms with Crippen molar-refractivity contribution in [3.05, 3.63) is 53.2 Å². The smallest absolute Gasteiger partial charge is 0.226 e. The fourth-order valence-corrected chi connectivity index (χ4v) is 3.83. The average Bonchev–Trinajstić information content (AvgIpc) is 3.11. The lowest BCUT2D eigenvalue weighted by molar-refractivity contribution is 0.466. The Hall–Kier alpha value is -1.66. The van der Waals surface area contributed by atoms with Gasteiger partial charge in [-0.1, -0.05) is 30.3 Å². The van der Waals surface area contributed by atoms with E-state index in [0.717, 1.165) is 34.0 Å². The molecule has 4 rings (SSSR count). The molecule has 1 fully saturated rings. The summed E-state index contributed by atoms with van der Waals surface area (Å²) in [6, 6.07) is 10.3. The minimum Gasteiger partial charge on any atom is -0.424 e. The maximum Gasteiger partial charge on any atom is 0.226 e. The highest BCUT2D eigenvalue weighted by atomic mass is 32.2. The maximum atomic E-state index is 5.66. The first-order valence-corrected chi connectivity index (χ1v) is 9.32. The summed E-state index contributed by atoms with van der Waals surface area (Å²) >= 11 is 3.45. The largest absolute Gasteiger partial charge is 0.424 e. The van der Waals surface area contributed by atoms with E-state index in [1.807, 2.05) is 18.2 Å². The number of hydrogen-bond donors (Lipinski definition) is 0. The van der Waals surface area contributed by atoms with E-state index in [1.54, 1.807) is 23.1 Å². The number of aromatic nitrogens is 3. The van der Waals surface area contributed by atoms with Gasteiger partial charge >= 0.3 is 0 Å². The van der Waals surface area contributed by atoms with Crippen LogP contribution >= 0.6 is 23.1 Å². The standard InChI is InChI=1S/C16H15N3OS2/c1-2-4-12(5-3-1)16-17-13(9-22-16)8-21-10-14-18-19-15(20-14)11-6-7-11/h1-5,9,11H,6-8,10H2. The zero-order valence-electron chi connectivity index (χ0n) is 11.9. The van der Waals surface area contributed by atoms with Gasteiger partial charge in [-0.3, -0.25) is 0 Å². The molecule has 0 aliphatic heterocycles. The van der Waals surface area contributed by atoms with Crippen molar-refractivity contribution in [2.24, 2.45) is 0 Å². The Bertz CT molecular complexity index is 750. The molecular weight excluding hydrogens is 314 g/mol. The molecule has 1 saturated carbocycles. The molecule has 0 saturated heterocycles. The summed E-state index contributed by atoms with van der Waals surface area (Å²) in [7, 11) is 0. The van der Waals surface area contributed by atoms with Crippen LogP contribution in [0.1, 0.15) is 36.2 Å². The van der Waals surface area contributed by atoms with Gasteiger partial charge < -0.3 is 4.42 Å². The molecule has 0 unspecified atom stereocenters. The van der Waals surface area contributed by atoms with Gasteiger partial charge in [-0.25, -0.2) is 4.98 Å². The van der Waals surface area contributed by atoms with Crippen molar-refractivity contribution in [3.8, 4) is 10.6 Å². The highest BCUT2D eigenvalue weighted by molar-refractivity contribution is 7.97. The second-order valence-electron chi connectivity index (χ2n) is 5.31. The van der Waals surface area contributed by atoms with Crippen molar-refractivity contribution in [3.63, 3.8) is 0 Å². The van der Waals surface area contributed by atoms with Crippen LogP contribution in [0.25, 0.3) is 10.6 Å². The molecule has 0 N–H and O–H groups in total. The van der Waals surface area contributed by atoms with Crippen molar-refractivity contribution in [1.29, 1.82) is 0 Å². The van der Waals surface area contributed by atoms with Gasteiger partial charge in [0.05, 0.1) is 11.4 Å². The fraction of sp³-hybridized carbons (Fsp3) is 0.312. The third-order valence-electron chi connectivity index (χ3n) is 3.46. The highest BCUT2D eigenvalue weighted by Crippen LogP contribution is 2.39.